The summed E-state index contributed by atoms with van der Waals surface area (Å²) in [6.07, 6.45) is 1.28. The van der Waals surface area contributed by atoms with Gasteiger partial charge in [0.2, 0.25) is 0 Å². The molecule has 0 radical (unpaired) electrons. The van der Waals surface area contributed by atoms with E-state index in [1.165, 1.54) is 18.2 Å². The summed E-state index contributed by atoms with van der Waals surface area (Å²) >= 11 is 0. The van der Waals surface area contributed by atoms with E-state index in [0.29, 0.717) is 40.8 Å². The van der Waals surface area contributed by atoms with E-state index in [1.54, 1.807) is 32.0 Å². The van der Waals surface area contributed by atoms with Crippen molar-refractivity contribution >= 4 is 0 Å². The van der Waals surface area contributed by atoms with Crippen LogP contribution in [0.2, 0.25) is 0 Å². The van der Waals surface area contributed by atoms with Crippen LogP contribution in [0.5, 0.6) is 0 Å². The molecule has 1 saturated heterocycles. The largest absolute Gasteiger partial charge is 0.390 e. The molecule has 4 nitrogen and oxygen atoms in total. The summed E-state index contributed by atoms with van der Waals surface area (Å²) in [6.45, 7) is 5.80. The molecule has 6 heteroatoms. The minimum Gasteiger partial charge on any atom is -0.390 e. The third kappa shape index (κ3) is 5.51. The number of halogens is 2. The molecule has 0 saturated carbocycles. The van der Waals surface area contributed by atoms with E-state index in [4.69, 9.17) is 11.0 Å². The smallest absolute Gasteiger partial charge is 0.141 e. The maximum atomic E-state index is 15.3. The van der Waals surface area contributed by atoms with Gasteiger partial charge in [-0.1, -0.05) is 30.3 Å². The lowest BCUT2D eigenvalue weighted by Crippen LogP contribution is -2.26. The maximum absolute atomic E-state index is 15.3. The van der Waals surface area contributed by atoms with Crippen molar-refractivity contribution in [3.63, 3.8) is 0 Å². The van der Waals surface area contributed by atoms with Crippen LogP contribution in [0.25, 0.3) is 22.3 Å². The molecule has 1 aliphatic heterocycles. The molecule has 3 aromatic rings. The lowest BCUT2D eigenvalue weighted by molar-refractivity contribution is 0.0809. The Kier molecular flexibility index (Phi) is 6.81. The molecule has 0 spiro atoms. The Labute approximate surface area is 199 Å². The first-order chi connectivity index (χ1) is 16.1. The molecule has 0 aromatic heterocycles. The van der Waals surface area contributed by atoms with Crippen LogP contribution in [0.4, 0.5) is 8.78 Å². The maximum Gasteiger partial charge on any atom is 0.141 e. The molecule has 0 aliphatic carbocycles. The van der Waals surface area contributed by atoms with Crippen molar-refractivity contribution in [3.8, 4) is 28.3 Å². The molecule has 1 fully saturated rings. The summed E-state index contributed by atoms with van der Waals surface area (Å²) in [5, 5.41) is 19.2. The first-order valence-electron chi connectivity index (χ1n) is 11.4. The number of hydrogen-bond acceptors (Lipinski definition) is 4. The van der Waals surface area contributed by atoms with Gasteiger partial charge in [-0.05, 0) is 72.4 Å². The molecule has 1 atom stereocenters. The van der Waals surface area contributed by atoms with Crippen molar-refractivity contribution in [1.29, 1.82) is 5.26 Å². The van der Waals surface area contributed by atoms with Crippen molar-refractivity contribution in [2.45, 2.75) is 44.9 Å². The van der Waals surface area contributed by atoms with Crippen LogP contribution in [0.3, 0.4) is 0 Å². The van der Waals surface area contributed by atoms with Gasteiger partial charge in [0.25, 0.3) is 0 Å². The van der Waals surface area contributed by atoms with Crippen LogP contribution in [0.15, 0.2) is 54.6 Å². The van der Waals surface area contributed by atoms with Crippen molar-refractivity contribution in [2.75, 3.05) is 13.1 Å². The van der Waals surface area contributed by atoms with Crippen molar-refractivity contribution in [2.24, 2.45) is 5.73 Å². The predicted octanol–water partition coefficient (Wildman–Crippen LogP) is 5.02. The second kappa shape index (κ2) is 9.63. The molecule has 1 aliphatic rings. The average molecular weight is 462 g/mol. The van der Waals surface area contributed by atoms with Crippen molar-refractivity contribution < 1.29 is 13.9 Å². The summed E-state index contributed by atoms with van der Waals surface area (Å²) in [5.41, 5.74) is 9.09. The number of hydrogen-bond donors (Lipinski definition) is 2. The van der Waals surface area contributed by atoms with E-state index in [-0.39, 0.29) is 11.6 Å². The quantitative estimate of drug-likeness (QED) is 0.541. The lowest BCUT2D eigenvalue weighted by Gasteiger charge is -2.19. The van der Waals surface area contributed by atoms with Crippen LogP contribution in [0, 0.1) is 23.0 Å². The van der Waals surface area contributed by atoms with E-state index in [0.717, 1.165) is 25.1 Å². The van der Waals surface area contributed by atoms with E-state index in [9.17, 15) is 9.50 Å². The molecule has 0 bridgehead atoms. The number of benzene rings is 3. The van der Waals surface area contributed by atoms with Crippen molar-refractivity contribution in [1.82, 2.24) is 4.90 Å². The molecular weight excluding hydrogens is 432 g/mol. The van der Waals surface area contributed by atoms with Gasteiger partial charge in [0.1, 0.15) is 17.7 Å². The summed E-state index contributed by atoms with van der Waals surface area (Å²) in [7, 11) is 0. The lowest BCUT2D eigenvalue weighted by atomic mass is 9.90. The molecule has 0 unspecified atom stereocenters. The minimum absolute atomic E-state index is 0.0327. The average Bonchev–Trinajstić information content (AvgIpc) is 3.17. The number of nitriles is 1. The Bertz CT molecular complexity index is 1240. The number of nitrogens with zero attached hydrogens (tertiary/aromatic N) is 2. The van der Waals surface area contributed by atoms with Gasteiger partial charge in [0.05, 0.1) is 11.2 Å². The van der Waals surface area contributed by atoms with E-state index < -0.39 is 17.2 Å². The Morgan fingerprint density at radius 3 is 2.35 bits per heavy atom. The third-order valence-electron chi connectivity index (χ3n) is 6.16. The fourth-order valence-electron chi connectivity index (χ4n) is 4.59. The first kappa shape index (κ1) is 24.0. The Morgan fingerprint density at radius 2 is 1.74 bits per heavy atom. The zero-order valence-electron chi connectivity index (χ0n) is 19.5. The van der Waals surface area contributed by atoms with E-state index in [2.05, 4.69) is 4.90 Å². The van der Waals surface area contributed by atoms with Gasteiger partial charge in [-0.3, -0.25) is 4.90 Å². The van der Waals surface area contributed by atoms with Gasteiger partial charge >= 0.3 is 0 Å². The Balaban J connectivity index is 1.77. The van der Waals surface area contributed by atoms with E-state index >= 15 is 4.39 Å². The third-order valence-corrected chi connectivity index (χ3v) is 6.16. The minimum atomic E-state index is -0.946. The molecule has 3 N–H and O–H groups in total. The zero-order valence-corrected chi connectivity index (χ0v) is 19.5. The molecule has 176 valence electrons. The second-order valence-electron chi connectivity index (χ2n) is 9.77. The number of likely N-dealkylation sites (tertiary alicyclic amines) is 1. The topological polar surface area (TPSA) is 73.3 Å². The van der Waals surface area contributed by atoms with Crippen LogP contribution in [-0.4, -0.2) is 34.7 Å². The van der Waals surface area contributed by atoms with Crippen molar-refractivity contribution in [3.05, 3.63) is 82.9 Å². The highest BCUT2D eigenvalue weighted by Gasteiger charge is 2.21. The molecule has 3 aromatic carbocycles. The summed E-state index contributed by atoms with van der Waals surface area (Å²) in [4.78, 5) is 2.27. The highest BCUT2D eigenvalue weighted by atomic mass is 19.1. The van der Waals surface area contributed by atoms with Crippen LogP contribution < -0.4 is 5.73 Å². The van der Waals surface area contributed by atoms with Crippen LogP contribution in [0.1, 0.15) is 37.0 Å². The molecule has 34 heavy (non-hydrogen) atoms. The molecule has 4 rings (SSSR count). The fourth-order valence-corrected chi connectivity index (χ4v) is 4.59. The normalized spacial score (nSPS) is 16.6. The van der Waals surface area contributed by atoms with Gasteiger partial charge in [-0.2, -0.15) is 5.26 Å². The summed E-state index contributed by atoms with van der Waals surface area (Å²) in [6, 6.07) is 17.2. The van der Waals surface area contributed by atoms with Gasteiger partial charge in [-0.25, -0.2) is 8.78 Å². The van der Waals surface area contributed by atoms with Gasteiger partial charge < -0.3 is 10.8 Å². The molecule has 0 amide bonds. The molecular formula is C28H29F2N3O. The highest BCUT2D eigenvalue weighted by molar-refractivity contribution is 5.84. The first-order valence-corrected chi connectivity index (χ1v) is 11.4. The second-order valence-corrected chi connectivity index (χ2v) is 9.77. The summed E-state index contributed by atoms with van der Waals surface area (Å²) in [5.74, 6) is -1.02. The number of rotatable bonds is 6. The SMILES string of the molecule is CC(C)(O)Cc1ccc(-c2ccc(CN3CC[C@H](N)C3)cc2-c2ccc(C#N)c(F)c2)c(F)c1. The highest BCUT2D eigenvalue weighted by Crippen LogP contribution is 2.36. The zero-order chi connectivity index (χ0) is 24.5. The molecule has 1 heterocycles. The van der Waals surface area contributed by atoms with Crippen LogP contribution in [-0.2, 0) is 13.0 Å². The predicted molar refractivity (Wildman–Crippen MR) is 130 cm³/mol. The van der Waals surface area contributed by atoms with Gasteiger partial charge in [0, 0.05) is 37.7 Å². The number of aliphatic hydroxyl groups is 1. The van der Waals surface area contributed by atoms with E-state index in [1.807, 2.05) is 24.3 Å². The standard InChI is InChI=1S/C28H29F2N3O/c1-28(2,34)14-18-3-8-24(27(30)12-18)23-7-4-19(16-33-10-9-22(32)17-33)11-25(23)20-5-6-21(15-31)26(29)13-20/h3-8,11-13,22,34H,9-10,14,16-17,32H2,1-2H3/t22-/m0/s1. The van der Waals surface area contributed by atoms with Gasteiger partial charge in [0.15, 0.2) is 0 Å². The Morgan fingerprint density at radius 1 is 1.00 bits per heavy atom. The Hall–Kier alpha value is -3.11. The van der Waals surface area contributed by atoms with Crippen LogP contribution >= 0.6 is 0 Å². The monoisotopic (exact) mass is 461 g/mol. The number of nitrogens with two attached hydrogens (primary N) is 1. The van der Waals surface area contributed by atoms with Gasteiger partial charge in [-0.15, -0.1) is 0 Å². The summed E-state index contributed by atoms with van der Waals surface area (Å²) < 4.78 is 29.7. The fraction of sp³-hybridized carbons (Fsp3) is 0.321.